The van der Waals surface area contributed by atoms with Crippen LogP contribution >= 0.6 is 24.0 Å². The van der Waals surface area contributed by atoms with Gasteiger partial charge in [0.25, 0.3) is 5.17 Å². The molecule has 0 heterocycles. The number of thioether (sulfide) groups is 1. The van der Waals surface area contributed by atoms with E-state index in [1.165, 1.54) is 4.90 Å². The predicted octanol–water partition coefficient (Wildman–Crippen LogP) is 2.63. The van der Waals surface area contributed by atoms with Crippen LogP contribution in [0.1, 0.15) is 0 Å². The molecule has 0 aliphatic rings. The van der Waals surface area contributed by atoms with Crippen molar-refractivity contribution in [3.63, 3.8) is 0 Å². The number of hydrogen-bond donors (Lipinski definition) is 0. The Kier molecular flexibility index (Phi) is 4.22. The molecule has 0 spiro atoms. The SMILES string of the molecule is CSc1ccc(OC(=S)N(C)C)cc1. The molecule has 14 heavy (non-hydrogen) atoms. The third-order valence-corrected chi connectivity index (χ3v) is 2.82. The number of thiocarbonyl (C=S) groups is 1. The van der Waals surface area contributed by atoms with Gasteiger partial charge in [0.15, 0.2) is 0 Å². The second-order valence-electron chi connectivity index (χ2n) is 2.94. The average Bonchev–Trinajstić information content (AvgIpc) is 2.19. The van der Waals surface area contributed by atoms with Crippen LogP contribution in [0, 0.1) is 0 Å². The number of ether oxygens (including phenoxy) is 1. The molecule has 0 fully saturated rings. The van der Waals surface area contributed by atoms with Gasteiger partial charge in [-0.1, -0.05) is 0 Å². The van der Waals surface area contributed by atoms with E-state index >= 15 is 0 Å². The molecule has 0 bridgehead atoms. The Morgan fingerprint density at radius 3 is 2.29 bits per heavy atom. The maximum atomic E-state index is 5.42. The van der Waals surface area contributed by atoms with Crippen molar-refractivity contribution >= 4 is 29.2 Å². The first kappa shape index (κ1) is 11.3. The van der Waals surface area contributed by atoms with E-state index in [0.29, 0.717) is 5.17 Å². The Bertz CT molecular complexity index is 308. The number of nitrogens with zero attached hydrogens (tertiary/aromatic N) is 1. The zero-order valence-corrected chi connectivity index (χ0v) is 10.1. The summed E-state index contributed by atoms with van der Waals surface area (Å²) < 4.78 is 5.42. The first-order valence-electron chi connectivity index (χ1n) is 4.16. The molecule has 76 valence electrons. The molecule has 1 aromatic carbocycles. The summed E-state index contributed by atoms with van der Waals surface area (Å²) in [7, 11) is 3.72. The summed E-state index contributed by atoms with van der Waals surface area (Å²) in [4.78, 5) is 2.98. The van der Waals surface area contributed by atoms with Crippen molar-refractivity contribution in [2.24, 2.45) is 0 Å². The topological polar surface area (TPSA) is 12.5 Å². The molecule has 1 rings (SSSR count). The van der Waals surface area contributed by atoms with Crippen molar-refractivity contribution in [3.8, 4) is 5.75 Å². The molecular formula is C10H13NOS2. The molecule has 0 atom stereocenters. The fraction of sp³-hybridized carbons (Fsp3) is 0.300. The van der Waals surface area contributed by atoms with Gasteiger partial charge >= 0.3 is 0 Å². The lowest BCUT2D eigenvalue weighted by atomic mass is 10.3. The molecule has 0 aromatic heterocycles. The highest BCUT2D eigenvalue weighted by Gasteiger charge is 2.01. The minimum atomic E-state index is 0.474. The van der Waals surface area contributed by atoms with E-state index in [0.717, 1.165) is 5.75 Å². The van der Waals surface area contributed by atoms with Gasteiger partial charge in [0, 0.05) is 19.0 Å². The van der Waals surface area contributed by atoms with E-state index in [1.807, 2.05) is 44.6 Å². The lowest BCUT2D eigenvalue weighted by Crippen LogP contribution is -2.24. The summed E-state index contributed by atoms with van der Waals surface area (Å²) in [5, 5.41) is 0.474. The van der Waals surface area contributed by atoms with Gasteiger partial charge < -0.3 is 9.64 Å². The molecule has 0 radical (unpaired) electrons. The van der Waals surface area contributed by atoms with E-state index < -0.39 is 0 Å². The molecule has 0 unspecified atom stereocenters. The fourth-order valence-electron chi connectivity index (χ4n) is 0.836. The number of hydrogen-bond acceptors (Lipinski definition) is 3. The van der Waals surface area contributed by atoms with Crippen LogP contribution in [0.25, 0.3) is 0 Å². The Morgan fingerprint density at radius 1 is 1.29 bits per heavy atom. The second kappa shape index (κ2) is 5.22. The van der Waals surface area contributed by atoms with Crippen LogP contribution in [-0.2, 0) is 0 Å². The Hall–Kier alpha value is -0.740. The zero-order valence-electron chi connectivity index (χ0n) is 8.48. The zero-order chi connectivity index (χ0) is 10.6. The van der Waals surface area contributed by atoms with Gasteiger partial charge in [-0.05, 0) is 42.7 Å². The van der Waals surface area contributed by atoms with Crippen LogP contribution in [-0.4, -0.2) is 30.4 Å². The molecule has 2 nitrogen and oxygen atoms in total. The molecule has 0 aliphatic heterocycles. The minimum absolute atomic E-state index is 0.474. The summed E-state index contributed by atoms with van der Waals surface area (Å²) in [6.07, 6.45) is 2.04. The standard InChI is InChI=1S/C10H13NOS2/c1-11(2)10(13)12-8-4-6-9(14-3)7-5-8/h4-7H,1-3H3. The lowest BCUT2D eigenvalue weighted by Gasteiger charge is -2.13. The normalized spacial score (nSPS) is 9.64. The van der Waals surface area contributed by atoms with Gasteiger partial charge in [-0.3, -0.25) is 0 Å². The third-order valence-electron chi connectivity index (χ3n) is 1.63. The molecule has 0 aliphatic carbocycles. The lowest BCUT2D eigenvalue weighted by molar-refractivity contribution is 0.449. The molecule has 4 heteroatoms. The molecule has 0 N–H and O–H groups in total. The average molecular weight is 227 g/mol. The van der Waals surface area contributed by atoms with Crippen LogP contribution in [0.5, 0.6) is 5.75 Å². The summed E-state index contributed by atoms with van der Waals surface area (Å²) in [5.74, 6) is 0.779. The minimum Gasteiger partial charge on any atom is -0.432 e. The van der Waals surface area contributed by atoms with Crippen LogP contribution in [0.15, 0.2) is 29.2 Å². The Balaban J connectivity index is 2.64. The number of benzene rings is 1. The Morgan fingerprint density at radius 2 is 1.86 bits per heavy atom. The second-order valence-corrected chi connectivity index (χ2v) is 4.17. The van der Waals surface area contributed by atoms with Gasteiger partial charge in [0.05, 0.1) is 0 Å². The van der Waals surface area contributed by atoms with Crippen LogP contribution in [0.2, 0.25) is 0 Å². The van der Waals surface area contributed by atoms with Gasteiger partial charge in [0.2, 0.25) is 0 Å². The smallest absolute Gasteiger partial charge is 0.264 e. The highest BCUT2D eigenvalue weighted by molar-refractivity contribution is 7.98. The summed E-state index contributed by atoms with van der Waals surface area (Å²) >= 11 is 6.72. The molecular weight excluding hydrogens is 214 g/mol. The number of rotatable bonds is 2. The van der Waals surface area contributed by atoms with Gasteiger partial charge in [0.1, 0.15) is 5.75 Å². The highest BCUT2D eigenvalue weighted by Crippen LogP contribution is 2.19. The van der Waals surface area contributed by atoms with E-state index in [2.05, 4.69) is 0 Å². The largest absolute Gasteiger partial charge is 0.432 e. The quantitative estimate of drug-likeness (QED) is 0.568. The summed E-state index contributed by atoms with van der Waals surface area (Å²) in [6.45, 7) is 0. The molecule has 1 aromatic rings. The Labute approximate surface area is 94.2 Å². The van der Waals surface area contributed by atoms with Crippen LogP contribution in [0.4, 0.5) is 0 Å². The predicted molar refractivity (Wildman–Crippen MR) is 65.1 cm³/mol. The first-order valence-corrected chi connectivity index (χ1v) is 5.80. The van der Waals surface area contributed by atoms with Gasteiger partial charge in [-0.25, -0.2) is 0 Å². The van der Waals surface area contributed by atoms with Gasteiger partial charge in [-0.15, -0.1) is 11.8 Å². The summed E-state index contributed by atoms with van der Waals surface area (Å²) in [5.41, 5.74) is 0. The van der Waals surface area contributed by atoms with E-state index in [-0.39, 0.29) is 0 Å². The van der Waals surface area contributed by atoms with Crippen molar-refractivity contribution in [1.29, 1.82) is 0 Å². The van der Waals surface area contributed by atoms with Crippen LogP contribution < -0.4 is 4.74 Å². The molecule has 0 amide bonds. The first-order chi connectivity index (χ1) is 6.63. The van der Waals surface area contributed by atoms with Crippen molar-refractivity contribution < 1.29 is 4.74 Å². The van der Waals surface area contributed by atoms with Gasteiger partial charge in [-0.2, -0.15) is 0 Å². The van der Waals surface area contributed by atoms with Crippen molar-refractivity contribution in [3.05, 3.63) is 24.3 Å². The van der Waals surface area contributed by atoms with Crippen molar-refractivity contribution in [2.45, 2.75) is 4.90 Å². The third kappa shape index (κ3) is 3.20. The van der Waals surface area contributed by atoms with E-state index in [4.69, 9.17) is 17.0 Å². The summed E-state index contributed by atoms with van der Waals surface area (Å²) in [6, 6.07) is 7.86. The molecule has 0 saturated carbocycles. The van der Waals surface area contributed by atoms with Crippen LogP contribution in [0.3, 0.4) is 0 Å². The maximum absolute atomic E-state index is 5.42. The van der Waals surface area contributed by atoms with Crippen molar-refractivity contribution in [2.75, 3.05) is 20.4 Å². The highest BCUT2D eigenvalue weighted by atomic mass is 32.2. The monoisotopic (exact) mass is 227 g/mol. The molecule has 0 saturated heterocycles. The van der Waals surface area contributed by atoms with E-state index in [9.17, 15) is 0 Å². The van der Waals surface area contributed by atoms with Crippen molar-refractivity contribution in [1.82, 2.24) is 4.90 Å². The fourth-order valence-corrected chi connectivity index (χ4v) is 1.34. The maximum Gasteiger partial charge on any atom is 0.264 e. The van der Waals surface area contributed by atoms with E-state index in [1.54, 1.807) is 16.7 Å².